The second-order valence-electron chi connectivity index (χ2n) is 6.25. The number of carbonyl (C=O) groups excluding carboxylic acids is 1. The number of hydrogen-bond donors (Lipinski definition) is 1. The summed E-state index contributed by atoms with van der Waals surface area (Å²) in [6, 6.07) is 9.12. The maximum Gasteiger partial charge on any atom is 0.416 e. The third-order valence-corrected chi connectivity index (χ3v) is 4.29. The van der Waals surface area contributed by atoms with E-state index in [0.717, 1.165) is 12.1 Å². The van der Waals surface area contributed by atoms with Gasteiger partial charge in [0.1, 0.15) is 0 Å². The molecule has 1 aliphatic heterocycles. The van der Waals surface area contributed by atoms with Crippen LogP contribution in [0.25, 0.3) is 5.69 Å². The highest BCUT2D eigenvalue weighted by atomic mass is 19.4. The van der Waals surface area contributed by atoms with Crippen molar-refractivity contribution in [2.45, 2.75) is 18.7 Å². The molecular weight excluding hydrogens is 378 g/mol. The summed E-state index contributed by atoms with van der Waals surface area (Å²) in [7, 11) is 0. The summed E-state index contributed by atoms with van der Waals surface area (Å²) in [6.07, 6.45) is -2.45. The Bertz CT molecular complexity index is 1050. The van der Waals surface area contributed by atoms with Crippen molar-refractivity contribution in [1.29, 1.82) is 0 Å². The van der Waals surface area contributed by atoms with Crippen LogP contribution in [0.15, 0.2) is 54.9 Å². The second-order valence-corrected chi connectivity index (χ2v) is 6.25. The number of halogens is 4. The minimum absolute atomic E-state index is 0.0577. The van der Waals surface area contributed by atoms with Gasteiger partial charge in [-0.2, -0.15) is 18.3 Å². The number of fused-ring (bicyclic) bond motifs is 1. The molecule has 28 heavy (non-hydrogen) atoms. The molecule has 1 N–H and O–H groups in total. The van der Waals surface area contributed by atoms with Gasteiger partial charge in [0.05, 0.1) is 29.3 Å². The third-order valence-electron chi connectivity index (χ3n) is 4.29. The summed E-state index contributed by atoms with van der Waals surface area (Å²) < 4.78 is 58.8. The average Bonchev–Trinajstić information content (AvgIpc) is 3.29. The molecule has 9 heteroatoms. The van der Waals surface area contributed by atoms with E-state index in [-0.39, 0.29) is 23.5 Å². The third kappa shape index (κ3) is 3.42. The highest BCUT2D eigenvalue weighted by Gasteiger charge is 2.32. The number of nitrogens with zero attached hydrogens (tertiary/aromatic N) is 2. The van der Waals surface area contributed by atoms with Gasteiger partial charge in [-0.15, -0.1) is 0 Å². The van der Waals surface area contributed by atoms with Crippen LogP contribution >= 0.6 is 0 Å². The molecular formula is C19H13F4N3O2. The highest BCUT2D eigenvalue weighted by Crippen LogP contribution is 2.32. The van der Waals surface area contributed by atoms with Crippen LogP contribution in [0.5, 0.6) is 5.75 Å². The van der Waals surface area contributed by atoms with Crippen LogP contribution in [0.2, 0.25) is 0 Å². The first-order chi connectivity index (χ1) is 13.3. The number of rotatable bonds is 3. The summed E-state index contributed by atoms with van der Waals surface area (Å²) in [6.45, 7) is 0. The monoisotopic (exact) mass is 391 g/mol. The van der Waals surface area contributed by atoms with Crippen LogP contribution < -0.4 is 10.1 Å². The number of carbonyl (C=O) groups is 1. The van der Waals surface area contributed by atoms with Gasteiger partial charge in [0.25, 0.3) is 5.91 Å². The maximum atomic E-state index is 13.7. The normalized spacial score (nSPS) is 15.8. The Morgan fingerprint density at radius 2 is 2.00 bits per heavy atom. The van der Waals surface area contributed by atoms with Crippen LogP contribution in [0, 0.1) is 5.82 Å². The van der Waals surface area contributed by atoms with Gasteiger partial charge < -0.3 is 10.1 Å². The number of amides is 1. The van der Waals surface area contributed by atoms with Crippen molar-refractivity contribution in [2.75, 3.05) is 5.32 Å². The first kappa shape index (κ1) is 18.0. The van der Waals surface area contributed by atoms with Gasteiger partial charge in [0, 0.05) is 12.0 Å². The molecule has 1 aromatic heterocycles. The molecule has 144 valence electrons. The highest BCUT2D eigenvalue weighted by molar-refractivity contribution is 5.95. The van der Waals surface area contributed by atoms with E-state index >= 15 is 0 Å². The fourth-order valence-corrected chi connectivity index (χ4v) is 2.95. The number of benzene rings is 2. The molecule has 0 aliphatic carbocycles. The van der Waals surface area contributed by atoms with E-state index in [9.17, 15) is 22.4 Å². The maximum absolute atomic E-state index is 13.7. The number of nitrogens with one attached hydrogen (secondary N) is 1. The lowest BCUT2D eigenvalue weighted by Gasteiger charge is -2.10. The molecule has 0 spiro atoms. The molecule has 0 bridgehead atoms. The molecule has 0 saturated carbocycles. The van der Waals surface area contributed by atoms with Gasteiger partial charge in [-0.05, 0) is 24.3 Å². The van der Waals surface area contributed by atoms with Crippen molar-refractivity contribution in [3.63, 3.8) is 0 Å². The van der Waals surface area contributed by atoms with E-state index in [4.69, 9.17) is 4.74 Å². The summed E-state index contributed by atoms with van der Waals surface area (Å²) in [4.78, 5) is 12.4. The molecule has 0 unspecified atom stereocenters. The topological polar surface area (TPSA) is 56.2 Å². The minimum atomic E-state index is -4.47. The zero-order valence-electron chi connectivity index (χ0n) is 14.2. The smallest absolute Gasteiger partial charge is 0.416 e. The lowest BCUT2D eigenvalue weighted by molar-refractivity contribution is -0.137. The van der Waals surface area contributed by atoms with Gasteiger partial charge >= 0.3 is 6.18 Å². The summed E-state index contributed by atoms with van der Waals surface area (Å²) in [5.74, 6) is -0.980. The molecule has 2 heterocycles. The predicted octanol–water partition coefficient (Wildman–Crippen LogP) is 3.97. The van der Waals surface area contributed by atoms with E-state index in [2.05, 4.69) is 10.4 Å². The molecule has 1 aliphatic rings. The van der Waals surface area contributed by atoms with E-state index in [1.165, 1.54) is 41.3 Å². The van der Waals surface area contributed by atoms with Crippen LogP contribution in [0.4, 0.5) is 23.2 Å². The molecule has 0 radical (unpaired) electrons. The zero-order chi connectivity index (χ0) is 19.9. The average molecular weight is 391 g/mol. The number of ether oxygens (including phenoxy) is 1. The number of para-hydroxylation sites is 1. The zero-order valence-corrected chi connectivity index (χ0v) is 14.2. The van der Waals surface area contributed by atoms with Gasteiger partial charge in [-0.3, -0.25) is 4.79 Å². The summed E-state index contributed by atoms with van der Waals surface area (Å²) in [5.41, 5.74) is 0.273. The molecule has 3 aromatic rings. The largest absolute Gasteiger partial charge is 0.477 e. The quantitative estimate of drug-likeness (QED) is 0.688. The second kappa shape index (κ2) is 6.66. The first-order valence-corrected chi connectivity index (χ1v) is 8.28. The lowest BCUT2D eigenvalue weighted by Crippen LogP contribution is -2.31. The number of hydrogen-bond acceptors (Lipinski definition) is 3. The molecule has 1 atom stereocenters. The van der Waals surface area contributed by atoms with Crippen molar-refractivity contribution in [3.8, 4) is 11.4 Å². The van der Waals surface area contributed by atoms with Crippen LogP contribution in [-0.4, -0.2) is 21.8 Å². The number of alkyl halides is 3. The Morgan fingerprint density at radius 1 is 1.21 bits per heavy atom. The van der Waals surface area contributed by atoms with Crippen molar-refractivity contribution >= 4 is 11.6 Å². The predicted molar refractivity (Wildman–Crippen MR) is 91.7 cm³/mol. The fourth-order valence-electron chi connectivity index (χ4n) is 2.95. The van der Waals surface area contributed by atoms with Crippen LogP contribution in [0.1, 0.15) is 11.1 Å². The molecule has 0 saturated heterocycles. The Morgan fingerprint density at radius 3 is 2.75 bits per heavy atom. The summed E-state index contributed by atoms with van der Waals surface area (Å²) in [5, 5.41) is 6.56. The Kier molecular flexibility index (Phi) is 4.29. The van der Waals surface area contributed by atoms with E-state index in [0.29, 0.717) is 5.56 Å². The molecule has 5 nitrogen and oxygen atoms in total. The lowest BCUT2D eigenvalue weighted by atomic mass is 10.1. The van der Waals surface area contributed by atoms with Gasteiger partial charge in [-0.25, -0.2) is 9.07 Å². The SMILES string of the molecule is O=C(Nc1cnn(-c2cccc(C(F)(F)F)c2)c1)[C@@H]1Cc2cccc(F)c2O1. The Balaban J connectivity index is 1.47. The van der Waals surface area contributed by atoms with Gasteiger partial charge in [0.2, 0.25) is 0 Å². The van der Waals surface area contributed by atoms with Crippen molar-refractivity contribution in [3.05, 3.63) is 71.8 Å². The van der Waals surface area contributed by atoms with E-state index < -0.39 is 29.6 Å². The molecule has 1 amide bonds. The Labute approximate surface area is 156 Å². The van der Waals surface area contributed by atoms with E-state index in [1.54, 1.807) is 6.07 Å². The number of aromatic nitrogens is 2. The fraction of sp³-hybridized carbons (Fsp3) is 0.158. The summed E-state index contributed by atoms with van der Waals surface area (Å²) >= 11 is 0. The molecule has 4 rings (SSSR count). The van der Waals surface area contributed by atoms with Crippen LogP contribution in [-0.2, 0) is 17.4 Å². The van der Waals surface area contributed by atoms with Crippen molar-refractivity contribution in [1.82, 2.24) is 9.78 Å². The molecule has 2 aromatic carbocycles. The standard InChI is InChI=1S/C19H13F4N3O2/c20-15-6-1-3-11-7-16(28-17(11)15)18(27)25-13-9-24-26(10-13)14-5-2-4-12(8-14)19(21,22)23/h1-6,8-10,16H,7H2,(H,25,27)/t16-/m0/s1. The minimum Gasteiger partial charge on any atom is -0.477 e. The Hall–Kier alpha value is -3.36. The van der Waals surface area contributed by atoms with Crippen molar-refractivity contribution < 1.29 is 27.1 Å². The molecule has 0 fully saturated rings. The van der Waals surface area contributed by atoms with Crippen LogP contribution in [0.3, 0.4) is 0 Å². The van der Waals surface area contributed by atoms with Crippen molar-refractivity contribution in [2.24, 2.45) is 0 Å². The number of anilines is 1. The van der Waals surface area contributed by atoms with E-state index in [1.807, 2.05) is 0 Å². The first-order valence-electron chi connectivity index (χ1n) is 8.28. The van der Waals surface area contributed by atoms with Gasteiger partial charge in [0.15, 0.2) is 17.7 Å². The van der Waals surface area contributed by atoms with Gasteiger partial charge in [-0.1, -0.05) is 18.2 Å².